The highest BCUT2D eigenvalue weighted by Crippen LogP contribution is 2.27. The third-order valence-corrected chi connectivity index (χ3v) is 2.14. The summed E-state index contributed by atoms with van der Waals surface area (Å²) in [4.78, 5) is 0. The lowest BCUT2D eigenvalue weighted by Crippen LogP contribution is -2.01. The number of phenolic OH excluding ortho intramolecular Hbond substituents is 1. The van der Waals surface area contributed by atoms with Crippen molar-refractivity contribution in [1.29, 1.82) is 0 Å². The molecule has 0 amide bonds. The molecular weight excluding hydrogens is 188 g/mol. The molecule has 1 aromatic carbocycles. The third kappa shape index (κ3) is 3.10. The van der Waals surface area contributed by atoms with Gasteiger partial charge in [-0.3, -0.25) is 0 Å². The lowest BCUT2D eigenvalue weighted by molar-refractivity contribution is 0.0715. The van der Waals surface area contributed by atoms with E-state index in [0.29, 0.717) is 5.75 Å². The van der Waals surface area contributed by atoms with Crippen LogP contribution in [0.2, 0.25) is 0 Å². The molecule has 2 atom stereocenters. The van der Waals surface area contributed by atoms with Crippen molar-refractivity contribution in [3.8, 4) is 5.75 Å². The molecule has 2 heteroatoms. The van der Waals surface area contributed by atoms with Gasteiger partial charge in [-0.15, -0.1) is 0 Å². The van der Waals surface area contributed by atoms with Crippen LogP contribution in [0.25, 0.3) is 0 Å². The van der Waals surface area contributed by atoms with E-state index < -0.39 is 0 Å². The third-order valence-electron chi connectivity index (χ3n) is 2.14. The predicted molar refractivity (Wildman–Crippen MR) is 61.9 cm³/mol. The SMILES string of the molecule is CC.CC1C=CC(c2ccc(O)cc2)O1. The van der Waals surface area contributed by atoms with Crippen molar-refractivity contribution in [3.63, 3.8) is 0 Å². The highest BCUT2D eigenvalue weighted by atomic mass is 16.5. The minimum Gasteiger partial charge on any atom is -0.508 e. The van der Waals surface area contributed by atoms with Crippen LogP contribution < -0.4 is 0 Å². The maximum Gasteiger partial charge on any atom is 0.115 e. The number of rotatable bonds is 1. The number of hydrogen-bond donors (Lipinski definition) is 1. The molecule has 2 unspecified atom stereocenters. The van der Waals surface area contributed by atoms with Crippen molar-refractivity contribution in [2.45, 2.75) is 33.0 Å². The smallest absolute Gasteiger partial charge is 0.115 e. The standard InChI is InChI=1S/C11H12O2.C2H6/c1-8-2-7-11(13-8)9-3-5-10(12)6-4-9;1-2/h2-8,11-12H,1H3;1-2H3. The monoisotopic (exact) mass is 206 g/mol. The summed E-state index contributed by atoms with van der Waals surface area (Å²) in [5.41, 5.74) is 1.08. The Kier molecular flexibility index (Phi) is 4.37. The number of benzene rings is 1. The van der Waals surface area contributed by atoms with Crippen LogP contribution in [0.1, 0.15) is 32.4 Å². The largest absolute Gasteiger partial charge is 0.508 e. The fourth-order valence-electron chi connectivity index (χ4n) is 1.43. The van der Waals surface area contributed by atoms with Crippen LogP contribution >= 0.6 is 0 Å². The molecule has 15 heavy (non-hydrogen) atoms. The molecule has 1 aliphatic rings. The summed E-state index contributed by atoms with van der Waals surface area (Å²) >= 11 is 0. The van der Waals surface area contributed by atoms with Gasteiger partial charge in [-0.2, -0.15) is 0 Å². The molecule has 0 aliphatic carbocycles. The van der Waals surface area contributed by atoms with Gasteiger partial charge in [0.15, 0.2) is 0 Å². The van der Waals surface area contributed by atoms with Crippen LogP contribution in [-0.2, 0) is 4.74 Å². The van der Waals surface area contributed by atoms with Crippen molar-refractivity contribution in [2.24, 2.45) is 0 Å². The van der Waals surface area contributed by atoms with Crippen LogP contribution in [0.3, 0.4) is 0 Å². The van der Waals surface area contributed by atoms with E-state index in [1.807, 2.05) is 45.1 Å². The first kappa shape index (κ1) is 11.8. The molecular formula is C13H18O2. The second-order valence-electron chi connectivity index (χ2n) is 3.24. The van der Waals surface area contributed by atoms with Crippen LogP contribution in [0, 0.1) is 0 Å². The number of aromatic hydroxyl groups is 1. The molecule has 0 saturated carbocycles. The Bertz CT molecular complexity index is 314. The highest BCUT2D eigenvalue weighted by molar-refractivity contribution is 5.30. The quantitative estimate of drug-likeness (QED) is 0.713. The van der Waals surface area contributed by atoms with E-state index in [2.05, 4.69) is 0 Å². The van der Waals surface area contributed by atoms with Gasteiger partial charge in [0.1, 0.15) is 11.9 Å². The van der Waals surface area contributed by atoms with E-state index in [1.165, 1.54) is 0 Å². The molecule has 1 heterocycles. The zero-order chi connectivity index (χ0) is 11.3. The summed E-state index contributed by atoms with van der Waals surface area (Å²) in [6.07, 6.45) is 4.32. The van der Waals surface area contributed by atoms with Gasteiger partial charge in [-0.1, -0.05) is 38.1 Å². The van der Waals surface area contributed by atoms with E-state index >= 15 is 0 Å². The molecule has 2 nitrogen and oxygen atoms in total. The molecule has 1 aliphatic heterocycles. The first-order valence-electron chi connectivity index (χ1n) is 5.38. The normalized spacial score (nSPS) is 23.4. The molecule has 0 saturated heterocycles. The highest BCUT2D eigenvalue weighted by Gasteiger charge is 2.16. The van der Waals surface area contributed by atoms with Crippen molar-refractivity contribution in [2.75, 3.05) is 0 Å². The van der Waals surface area contributed by atoms with Gasteiger partial charge < -0.3 is 9.84 Å². The molecule has 0 radical (unpaired) electrons. The van der Waals surface area contributed by atoms with Gasteiger partial charge >= 0.3 is 0 Å². The molecule has 0 fully saturated rings. The molecule has 82 valence electrons. The molecule has 1 N–H and O–H groups in total. The average molecular weight is 206 g/mol. The van der Waals surface area contributed by atoms with Crippen molar-refractivity contribution < 1.29 is 9.84 Å². The minimum atomic E-state index is 0.0515. The molecule has 2 rings (SSSR count). The summed E-state index contributed by atoms with van der Waals surface area (Å²) in [5, 5.41) is 9.09. The first-order valence-corrected chi connectivity index (χ1v) is 5.38. The van der Waals surface area contributed by atoms with Crippen molar-refractivity contribution in [3.05, 3.63) is 42.0 Å². The Hall–Kier alpha value is -1.28. The van der Waals surface area contributed by atoms with E-state index in [1.54, 1.807) is 12.1 Å². The Morgan fingerprint density at radius 1 is 1.07 bits per heavy atom. The van der Waals surface area contributed by atoms with Gasteiger partial charge in [0.2, 0.25) is 0 Å². The van der Waals surface area contributed by atoms with E-state index in [-0.39, 0.29) is 12.2 Å². The predicted octanol–water partition coefficient (Wildman–Crippen LogP) is 3.43. The summed E-state index contributed by atoms with van der Waals surface area (Å²) in [6.45, 7) is 6.01. The van der Waals surface area contributed by atoms with Crippen LogP contribution in [0.5, 0.6) is 5.75 Å². The summed E-state index contributed by atoms with van der Waals surface area (Å²) < 4.78 is 5.59. The maximum atomic E-state index is 9.09. The number of phenols is 1. The molecule has 1 aromatic rings. The van der Waals surface area contributed by atoms with E-state index in [9.17, 15) is 0 Å². The fraction of sp³-hybridized carbons (Fsp3) is 0.385. The van der Waals surface area contributed by atoms with Gasteiger partial charge in [0, 0.05) is 0 Å². The number of ether oxygens (including phenoxy) is 1. The Morgan fingerprint density at radius 3 is 2.13 bits per heavy atom. The lowest BCUT2D eigenvalue weighted by Gasteiger charge is -2.10. The van der Waals surface area contributed by atoms with Gasteiger partial charge in [0.25, 0.3) is 0 Å². The van der Waals surface area contributed by atoms with Gasteiger partial charge in [-0.25, -0.2) is 0 Å². The zero-order valence-corrected chi connectivity index (χ0v) is 9.47. The fourth-order valence-corrected chi connectivity index (χ4v) is 1.43. The second kappa shape index (κ2) is 5.56. The lowest BCUT2D eigenvalue weighted by atomic mass is 10.1. The van der Waals surface area contributed by atoms with Crippen molar-refractivity contribution >= 4 is 0 Å². The van der Waals surface area contributed by atoms with Gasteiger partial charge in [0.05, 0.1) is 6.10 Å². The Labute approximate surface area is 91.2 Å². The molecule has 0 bridgehead atoms. The minimum absolute atomic E-state index is 0.0515. The molecule has 0 spiro atoms. The van der Waals surface area contributed by atoms with Crippen LogP contribution in [0.4, 0.5) is 0 Å². The van der Waals surface area contributed by atoms with E-state index in [4.69, 9.17) is 9.84 Å². The first-order chi connectivity index (χ1) is 7.25. The van der Waals surface area contributed by atoms with Crippen LogP contribution in [0.15, 0.2) is 36.4 Å². The summed E-state index contributed by atoms with van der Waals surface area (Å²) in [5.74, 6) is 0.291. The Balaban J connectivity index is 0.000000531. The molecule has 0 aromatic heterocycles. The summed E-state index contributed by atoms with van der Waals surface area (Å²) in [6, 6.07) is 7.11. The Morgan fingerprint density at radius 2 is 1.67 bits per heavy atom. The zero-order valence-electron chi connectivity index (χ0n) is 9.47. The summed E-state index contributed by atoms with van der Waals surface area (Å²) in [7, 11) is 0. The van der Waals surface area contributed by atoms with Gasteiger partial charge in [-0.05, 0) is 24.6 Å². The topological polar surface area (TPSA) is 29.5 Å². The van der Waals surface area contributed by atoms with Crippen molar-refractivity contribution in [1.82, 2.24) is 0 Å². The van der Waals surface area contributed by atoms with Crippen LogP contribution in [-0.4, -0.2) is 11.2 Å². The number of hydrogen-bond acceptors (Lipinski definition) is 2. The van der Waals surface area contributed by atoms with E-state index in [0.717, 1.165) is 5.56 Å². The maximum absolute atomic E-state index is 9.09. The average Bonchev–Trinajstić information content (AvgIpc) is 2.69. The second-order valence-corrected chi connectivity index (χ2v) is 3.24.